The molecule has 0 fully saturated rings. The molecule has 4 rings (SSSR count). The predicted octanol–water partition coefficient (Wildman–Crippen LogP) is 5.56. The Balaban J connectivity index is 1.47. The number of carbonyl (C=O) groups excluding carboxylic acids is 2. The fourth-order valence-corrected chi connectivity index (χ4v) is 5.13. The lowest BCUT2D eigenvalue weighted by Gasteiger charge is -2.27. The number of hydrogen-bond donors (Lipinski definition) is 1. The van der Waals surface area contributed by atoms with Gasteiger partial charge in [0.05, 0.1) is 24.8 Å². The number of anilines is 1. The summed E-state index contributed by atoms with van der Waals surface area (Å²) in [6, 6.07) is 21.3. The molecule has 1 N–H and O–H groups in total. The summed E-state index contributed by atoms with van der Waals surface area (Å²) in [5, 5.41) is 3.08. The van der Waals surface area contributed by atoms with Crippen molar-refractivity contribution < 1.29 is 19.1 Å². The molecule has 1 atom stereocenters. The quantitative estimate of drug-likeness (QED) is 0.408. The van der Waals surface area contributed by atoms with Crippen LogP contribution in [-0.2, 0) is 11.2 Å². The summed E-state index contributed by atoms with van der Waals surface area (Å²) in [6.07, 6.45) is 3.58. The maximum atomic E-state index is 13.1. The van der Waals surface area contributed by atoms with Crippen molar-refractivity contribution in [3.8, 4) is 11.5 Å². The van der Waals surface area contributed by atoms with Gasteiger partial charge in [-0.05, 0) is 67.3 Å². The van der Waals surface area contributed by atoms with Crippen molar-refractivity contribution in [3.05, 3.63) is 88.3 Å². The van der Waals surface area contributed by atoms with E-state index >= 15 is 0 Å². The van der Waals surface area contributed by atoms with Crippen LogP contribution < -0.4 is 19.7 Å². The van der Waals surface area contributed by atoms with Crippen LogP contribution in [0.2, 0.25) is 0 Å². The van der Waals surface area contributed by atoms with Gasteiger partial charge in [-0.1, -0.05) is 48.2 Å². The Kier molecular flexibility index (Phi) is 8.00. The van der Waals surface area contributed by atoms with Gasteiger partial charge in [-0.15, -0.1) is 0 Å². The van der Waals surface area contributed by atoms with Gasteiger partial charge in [0.1, 0.15) is 0 Å². The Morgan fingerprint density at radius 2 is 1.78 bits per heavy atom. The van der Waals surface area contributed by atoms with E-state index in [0.717, 1.165) is 29.0 Å². The van der Waals surface area contributed by atoms with Crippen LogP contribution in [0, 0.1) is 0 Å². The van der Waals surface area contributed by atoms with Gasteiger partial charge in [0.2, 0.25) is 0 Å². The van der Waals surface area contributed by atoms with Crippen LogP contribution >= 0.6 is 11.8 Å². The maximum absolute atomic E-state index is 13.1. The molecule has 3 aromatic rings. The number of thioether (sulfide) groups is 1. The van der Waals surface area contributed by atoms with E-state index < -0.39 is 0 Å². The zero-order chi connectivity index (χ0) is 25.7. The van der Waals surface area contributed by atoms with E-state index in [1.165, 1.54) is 17.3 Å². The van der Waals surface area contributed by atoms with Crippen molar-refractivity contribution in [2.75, 3.05) is 26.2 Å². The zero-order valence-electron chi connectivity index (χ0n) is 20.9. The summed E-state index contributed by atoms with van der Waals surface area (Å²) < 4.78 is 10.7. The van der Waals surface area contributed by atoms with Crippen molar-refractivity contribution in [1.29, 1.82) is 0 Å². The van der Waals surface area contributed by atoms with Crippen molar-refractivity contribution in [1.82, 2.24) is 5.32 Å². The first kappa shape index (κ1) is 25.4. The molecule has 0 aliphatic carbocycles. The second kappa shape index (κ2) is 11.4. The summed E-state index contributed by atoms with van der Waals surface area (Å²) >= 11 is 1.39. The Morgan fingerprint density at radius 1 is 1.03 bits per heavy atom. The first-order valence-corrected chi connectivity index (χ1v) is 12.6. The number of benzene rings is 3. The normalized spacial score (nSPS) is 14.8. The van der Waals surface area contributed by atoms with Crippen LogP contribution in [0.15, 0.2) is 76.5 Å². The van der Waals surface area contributed by atoms with Gasteiger partial charge in [-0.2, -0.15) is 0 Å². The number of hydrogen-bond acceptors (Lipinski definition) is 5. The maximum Gasteiger partial charge on any atom is 0.264 e. The van der Waals surface area contributed by atoms with Gasteiger partial charge in [-0.3, -0.25) is 9.59 Å². The fraction of sp³-hybridized carbons (Fsp3) is 0.241. The van der Waals surface area contributed by atoms with E-state index in [0.29, 0.717) is 22.0 Å². The van der Waals surface area contributed by atoms with Crippen LogP contribution in [0.1, 0.15) is 34.8 Å². The molecule has 3 aromatic carbocycles. The monoisotopic (exact) mass is 502 g/mol. The molecule has 1 heterocycles. The summed E-state index contributed by atoms with van der Waals surface area (Å²) in [7, 11) is 4.90. The number of ether oxygens (including phenoxy) is 2. The molecule has 6 nitrogen and oxygen atoms in total. The van der Waals surface area contributed by atoms with Crippen LogP contribution in [0.3, 0.4) is 0 Å². The van der Waals surface area contributed by atoms with Gasteiger partial charge in [-0.25, -0.2) is 0 Å². The van der Waals surface area contributed by atoms with E-state index in [1.807, 2.05) is 61.5 Å². The number of methoxy groups -OCH3 is 2. The molecule has 0 saturated carbocycles. The Hall–Kier alpha value is -3.71. The summed E-state index contributed by atoms with van der Waals surface area (Å²) in [5.74, 6) is 0.958. The lowest BCUT2D eigenvalue weighted by atomic mass is 10.1. The molecule has 7 heteroatoms. The highest BCUT2D eigenvalue weighted by atomic mass is 32.2. The minimum Gasteiger partial charge on any atom is -0.493 e. The number of rotatable bonds is 8. The second-order valence-electron chi connectivity index (χ2n) is 8.67. The summed E-state index contributed by atoms with van der Waals surface area (Å²) in [4.78, 5) is 29.1. The zero-order valence-corrected chi connectivity index (χ0v) is 21.7. The average Bonchev–Trinajstić information content (AvgIpc) is 2.90. The number of amides is 2. The topological polar surface area (TPSA) is 67.9 Å². The number of aryl methyl sites for hydroxylation is 1. The third-order valence-electron chi connectivity index (χ3n) is 6.11. The molecule has 1 aliphatic heterocycles. The van der Waals surface area contributed by atoms with Crippen LogP contribution in [0.5, 0.6) is 11.5 Å². The van der Waals surface area contributed by atoms with Gasteiger partial charge in [0.25, 0.3) is 11.8 Å². The average molecular weight is 503 g/mol. The molecule has 2 amide bonds. The van der Waals surface area contributed by atoms with Gasteiger partial charge in [0.15, 0.2) is 11.5 Å². The predicted molar refractivity (Wildman–Crippen MR) is 145 cm³/mol. The SMILES string of the molecule is COc1ccc(/C=C2\Sc3ccc(C(=O)N[C@H](C)CCc4ccccc4)cc3N(C)C2=O)cc1OC. The third-order valence-corrected chi connectivity index (χ3v) is 7.19. The fourth-order valence-electron chi connectivity index (χ4n) is 4.04. The van der Waals surface area contributed by atoms with Crippen LogP contribution in [0.4, 0.5) is 5.69 Å². The summed E-state index contributed by atoms with van der Waals surface area (Å²) in [5.41, 5.74) is 3.34. The lowest BCUT2D eigenvalue weighted by molar-refractivity contribution is -0.114. The number of likely N-dealkylation sites (N-methyl/N-ethyl adjacent to an activating group) is 1. The highest BCUT2D eigenvalue weighted by Crippen LogP contribution is 2.42. The second-order valence-corrected chi connectivity index (χ2v) is 9.75. The molecule has 36 heavy (non-hydrogen) atoms. The van der Waals surface area contributed by atoms with Crippen LogP contribution in [-0.4, -0.2) is 39.1 Å². The molecule has 0 spiro atoms. The molecular weight excluding hydrogens is 472 g/mol. The van der Waals surface area contributed by atoms with E-state index in [4.69, 9.17) is 9.47 Å². The minimum absolute atomic E-state index is 0.0264. The number of fused-ring (bicyclic) bond motifs is 1. The Bertz CT molecular complexity index is 1290. The number of nitrogens with one attached hydrogen (secondary N) is 1. The molecule has 0 unspecified atom stereocenters. The van der Waals surface area contributed by atoms with Gasteiger partial charge in [0, 0.05) is 23.5 Å². The number of nitrogens with zero attached hydrogens (tertiary/aromatic N) is 1. The van der Waals surface area contributed by atoms with E-state index in [1.54, 1.807) is 32.2 Å². The molecule has 0 aromatic heterocycles. The number of carbonyl (C=O) groups is 2. The third kappa shape index (κ3) is 5.74. The van der Waals surface area contributed by atoms with Crippen LogP contribution in [0.25, 0.3) is 6.08 Å². The highest BCUT2D eigenvalue weighted by Gasteiger charge is 2.27. The molecule has 0 radical (unpaired) electrons. The summed E-state index contributed by atoms with van der Waals surface area (Å²) in [6.45, 7) is 2.01. The molecule has 0 saturated heterocycles. The molecule has 186 valence electrons. The van der Waals surface area contributed by atoms with Crippen molar-refractivity contribution >= 4 is 35.3 Å². The standard InChI is InChI=1S/C29H30N2O4S/c1-19(10-11-20-8-6-5-7-9-20)30-28(32)22-13-15-26-23(18-22)31(2)29(33)27(36-26)17-21-12-14-24(34-3)25(16-21)35-4/h5-9,12-19H,10-11H2,1-4H3,(H,30,32)/b27-17-/t19-/m1/s1. The van der Waals surface area contributed by atoms with Crippen molar-refractivity contribution in [3.63, 3.8) is 0 Å². The Morgan fingerprint density at radius 3 is 2.50 bits per heavy atom. The first-order chi connectivity index (χ1) is 17.4. The van der Waals surface area contributed by atoms with E-state index in [9.17, 15) is 9.59 Å². The molecular formula is C29H30N2O4S. The van der Waals surface area contributed by atoms with Crippen molar-refractivity contribution in [2.24, 2.45) is 0 Å². The minimum atomic E-state index is -0.143. The first-order valence-electron chi connectivity index (χ1n) is 11.8. The molecule has 1 aliphatic rings. The van der Waals surface area contributed by atoms with E-state index in [2.05, 4.69) is 17.4 Å². The van der Waals surface area contributed by atoms with Crippen molar-refractivity contribution in [2.45, 2.75) is 30.7 Å². The largest absolute Gasteiger partial charge is 0.493 e. The Labute approximate surface area is 216 Å². The van der Waals surface area contributed by atoms with E-state index in [-0.39, 0.29) is 17.9 Å². The molecule has 0 bridgehead atoms. The lowest BCUT2D eigenvalue weighted by Crippen LogP contribution is -2.34. The highest BCUT2D eigenvalue weighted by molar-refractivity contribution is 8.04. The van der Waals surface area contributed by atoms with Gasteiger partial charge >= 0.3 is 0 Å². The smallest absolute Gasteiger partial charge is 0.264 e. The van der Waals surface area contributed by atoms with Gasteiger partial charge < -0.3 is 19.7 Å².